The van der Waals surface area contributed by atoms with Crippen molar-refractivity contribution < 1.29 is 13.2 Å². The fraction of sp³-hybridized carbons (Fsp3) is 0.360. The normalized spacial score (nSPS) is 12.6. The van der Waals surface area contributed by atoms with Gasteiger partial charge >= 0.3 is 6.18 Å². The van der Waals surface area contributed by atoms with Gasteiger partial charge in [0, 0.05) is 17.6 Å². The average Bonchev–Trinajstić information content (AvgIpc) is 2.74. The molecule has 1 unspecified atom stereocenters. The Morgan fingerprint density at radius 1 is 0.938 bits per heavy atom. The molecule has 0 spiro atoms. The molecule has 0 radical (unpaired) electrons. The lowest BCUT2D eigenvalue weighted by Gasteiger charge is -2.16. The van der Waals surface area contributed by atoms with E-state index >= 15 is 0 Å². The van der Waals surface area contributed by atoms with Crippen molar-refractivity contribution in [1.29, 1.82) is 0 Å². The van der Waals surface area contributed by atoms with E-state index in [-0.39, 0.29) is 11.8 Å². The summed E-state index contributed by atoms with van der Waals surface area (Å²) in [5, 5.41) is 5.84. The number of hydrogen-bond acceptors (Lipinski definition) is 4. The Balaban J connectivity index is 1.87. The van der Waals surface area contributed by atoms with E-state index in [1.54, 1.807) is 6.07 Å². The second-order valence-corrected chi connectivity index (χ2v) is 8.43. The van der Waals surface area contributed by atoms with Crippen LogP contribution in [0.3, 0.4) is 0 Å². The van der Waals surface area contributed by atoms with Crippen molar-refractivity contribution in [3.63, 3.8) is 0 Å². The molecule has 0 aliphatic rings. The van der Waals surface area contributed by atoms with Gasteiger partial charge < -0.3 is 10.6 Å². The summed E-state index contributed by atoms with van der Waals surface area (Å²) in [5.74, 6) is 0.655. The zero-order valence-electron chi connectivity index (χ0n) is 18.8. The van der Waals surface area contributed by atoms with Crippen molar-refractivity contribution in [2.45, 2.75) is 52.6 Å². The van der Waals surface area contributed by atoms with Crippen molar-refractivity contribution in [3.05, 3.63) is 71.4 Å². The molecule has 4 nitrogen and oxygen atoms in total. The van der Waals surface area contributed by atoms with Crippen molar-refractivity contribution in [2.24, 2.45) is 5.92 Å². The van der Waals surface area contributed by atoms with Crippen LogP contribution in [0.5, 0.6) is 0 Å². The number of nitrogens with one attached hydrogen (secondary N) is 2. The molecule has 0 bridgehead atoms. The van der Waals surface area contributed by atoms with Gasteiger partial charge in [-0.1, -0.05) is 52.0 Å². The second kappa shape index (κ2) is 10.0. The third-order valence-corrected chi connectivity index (χ3v) is 5.28. The zero-order chi connectivity index (χ0) is 23.3. The molecular weight excluding hydrogens is 413 g/mol. The van der Waals surface area contributed by atoms with E-state index in [2.05, 4.69) is 48.3 Å². The summed E-state index contributed by atoms with van der Waals surface area (Å²) in [4.78, 5) is 8.03. The topological polar surface area (TPSA) is 49.8 Å². The van der Waals surface area contributed by atoms with Crippen molar-refractivity contribution in [3.8, 4) is 0 Å². The van der Waals surface area contributed by atoms with Crippen molar-refractivity contribution in [2.75, 3.05) is 10.6 Å². The largest absolute Gasteiger partial charge is 0.421 e. The van der Waals surface area contributed by atoms with E-state index in [1.165, 1.54) is 5.56 Å². The minimum atomic E-state index is -4.58. The highest BCUT2D eigenvalue weighted by Crippen LogP contribution is 2.35. The second-order valence-electron chi connectivity index (χ2n) is 8.43. The number of nitrogens with zero attached hydrogens (tertiary/aromatic N) is 2. The number of benzene rings is 2. The molecule has 1 heterocycles. The molecule has 3 aromatic rings. The van der Waals surface area contributed by atoms with Crippen LogP contribution in [0.15, 0.2) is 54.7 Å². The van der Waals surface area contributed by atoms with Gasteiger partial charge in [0.2, 0.25) is 5.95 Å². The van der Waals surface area contributed by atoms with E-state index < -0.39 is 11.7 Å². The Morgan fingerprint density at radius 2 is 1.66 bits per heavy atom. The average molecular weight is 443 g/mol. The summed E-state index contributed by atoms with van der Waals surface area (Å²) < 4.78 is 40.7. The minimum Gasteiger partial charge on any atom is -0.340 e. The van der Waals surface area contributed by atoms with E-state index in [0.717, 1.165) is 24.6 Å². The summed E-state index contributed by atoms with van der Waals surface area (Å²) in [6, 6.07) is 15.1. The molecule has 2 N–H and O–H groups in total. The van der Waals surface area contributed by atoms with E-state index in [1.807, 2.05) is 42.5 Å². The van der Waals surface area contributed by atoms with Gasteiger partial charge in [-0.05, 0) is 60.1 Å². The maximum absolute atomic E-state index is 13.6. The van der Waals surface area contributed by atoms with Crippen LogP contribution in [-0.4, -0.2) is 9.97 Å². The lowest BCUT2D eigenvalue weighted by atomic mass is 9.98. The van der Waals surface area contributed by atoms with Gasteiger partial charge in [0.25, 0.3) is 0 Å². The Kier molecular flexibility index (Phi) is 7.38. The highest BCUT2D eigenvalue weighted by Gasteiger charge is 2.35. The number of halogens is 3. The molecule has 2 aromatic carbocycles. The van der Waals surface area contributed by atoms with Gasteiger partial charge in [0.15, 0.2) is 0 Å². The fourth-order valence-electron chi connectivity index (χ4n) is 3.36. The monoisotopic (exact) mass is 442 g/mol. The smallest absolute Gasteiger partial charge is 0.340 e. The summed E-state index contributed by atoms with van der Waals surface area (Å²) >= 11 is 0. The predicted molar refractivity (Wildman–Crippen MR) is 124 cm³/mol. The van der Waals surface area contributed by atoms with Gasteiger partial charge in [-0.15, -0.1) is 0 Å². The molecule has 0 saturated heterocycles. The lowest BCUT2D eigenvalue weighted by molar-refractivity contribution is -0.137. The molecule has 0 aliphatic heterocycles. The van der Waals surface area contributed by atoms with Gasteiger partial charge in [0.05, 0.1) is 0 Å². The fourth-order valence-corrected chi connectivity index (χ4v) is 3.36. The highest BCUT2D eigenvalue weighted by atomic mass is 19.4. The van der Waals surface area contributed by atoms with E-state index in [9.17, 15) is 13.2 Å². The molecule has 32 heavy (non-hydrogen) atoms. The number of alkyl halides is 3. The predicted octanol–water partition coefficient (Wildman–Crippen LogP) is 7.69. The Bertz CT molecular complexity index is 1030. The number of rotatable bonds is 8. The number of anilines is 4. The van der Waals surface area contributed by atoms with Crippen LogP contribution in [0.2, 0.25) is 0 Å². The van der Waals surface area contributed by atoms with E-state index in [4.69, 9.17) is 0 Å². The van der Waals surface area contributed by atoms with Gasteiger partial charge in [0.1, 0.15) is 11.4 Å². The van der Waals surface area contributed by atoms with Crippen LogP contribution in [-0.2, 0) is 12.6 Å². The Labute approximate surface area is 187 Å². The number of aromatic nitrogens is 2. The molecule has 0 aliphatic carbocycles. The zero-order valence-corrected chi connectivity index (χ0v) is 18.8. The maximum atomic E-state index is 13.6. The number of hydrogen-bond donors (Lipinski definition) is 2. The Hall–Kier alpha value is -3.09. The van der Waals surface area contributed by atoms with Crippen LogP contribution < -0.4 is 10.6 Å². The molecule has 0 amide bonds. The molecule has 1 aromatic heterocycles. The maximum Gasteiger partial charge on any atom is 0.421 e. The summed E-state index contributed by atoms with van der Waals surface area (Å²) in [6.07, 6.45) is -1.87. The van der Waals surface area contributed by atoms with Crippen molar-refractivity contribution >= 4 is 23.1 Å². The lowest BCUT2D eigenvalue weighted by Crippen LogP contribution is -2.12. The summed E-state index contributed by atoms with van der Waals surface area (Å²) in [5.41, 5.74) is 2.60. The molecule has 0 fully saturated rings. The van der Waals surface area contributed by atoms with Crippen LogP contribution in [0, 0.1) is 5.92 Å². The molecule has 170 valence electrons. The summed E-state index contributed by atoms with van der Waals surface area (Å²) in [6.45, 7) is 8.45. The first-order valence-electron chi connectivity index (χ1n) is 10.8. The van der Waals surface area contributed by atoms with Crippen molar-refractivity contribution in [1.82, 2.24) is 9.97 Å². The quantitative estimate of drug-likeness (QED) is 0.375. The summed E-state index contributed by atoms with van der Waals surface area (Å²) in [7, 11) is 0. The van der Waals surface area contributed by atoms with Gasteiger partial charge in [-0.2, -0.15) is 18.2 Å². The van der Waals surface area contributed by atoms with Crippen LogP contribution in [0.25, 0.3) is 0 Å². The minimum absolute atomic E-state index is 0.0928. The van der Waals surface area contributed by atoms with Crippen LogP contribution in [0.4, 0.5) is 36.3 Å². The molecule has 1 atom stereocenters. The van der Waals surface area contributed by atoms with E-state index in [0.29, 0.717) is 23.2 Å². The molecule has 3 rings (SSSR count). The first-order chi connectivity index (χ1) is 15.2. The molecule has 0 saturated carbocycles. The van der Waals surface area contributed by atoms with Crippen LogP contribution >= 0.6 is 0 Å². The third kappa shape index (κ3) is 6.22. The van der Waals surface area contributed by atoms with Gasteiger partial charge in [-0.25, -0.2) is 4.98 Å². The Morgan fingerprint density at radius 3 is 2.28 bits per heavy atom. The van der Waals surface area contributed by atoms with Crippen LogP contribution in [0.1, 0.15) is 56.7 Å². The first-order valence-corrected chi connectivity index (χ1v) is 10.8. The highest BCUT2D eigenvalue weighted by molar-refractivity contribution is 5.63. The molecular formula is C25H29F3N4. The standard InChI is InChI=1S/C25H29F3N4/c1-5-17(4)19-7-6-8-21(14-19)30-23-22(25(26,27)28)15-29-24(32-23)31-20-11-9-18(10-12-20)13-16(2)3/h6-12,14-17H,5,13H2,1-4H3,(H2,29,30,31,32). The van der Waals surface area contributed by atoms with Gasteiger partial charge in [-0.3, -0.25) is 0 Å². The molecule has 7 heteroatoms. The first kappa shape index (κ1) is 23.6. The SMILES string of the molecule is CCC(C)c1cccc(Nc2nc(Nc3ccc(CC(C)C)cc3)ncc2C(F)(F)F)c1. The third-order valence-electron chi connectivity index (χ3n) is 5.28.